The van der Waals surface area contributed by atoms with E-state index in [1.54, 1.807) is 6.07 Å². The number of carbonyl (C=O) groups excluding carboxylic acids is 1. The lowest BCUT2D eigenvalue weighted by molar-refractivity contribution is 0.0761. The summed E-state index contributed by atoms with van der Waals surface area (Å²) in [5, 5.41) is 1.86. The minimum atomic E-state index is 0.0752. The fourth-order valence-electron chi connectivity index (χ4n) is 1.49. The van der Waals surface area contributed by atoms with Crippen molar-refractivity contribution in [3.63, 3.8) is 0 Å². The van der Waals surface area contributed by atoms with Gasteiger partial charge in [0, 0.05) is 13.1 Å². The molecule has 0 saturated heterocycles. The summed E-state index contributed by atoms with van der Waals surface area (Å²) in [5.41, 5.74) is 6.33. The van der Waals surface area contributed by atoms with Crippen LogP contribution in [0.1, 0.15) is 36.4 Å². The lowest BCUT2D eigenvalue weighted by Gasteiger charge is -2.20. The molecule has 0 bridgehead atoms. The van der Waals surface area contributed by atoms with Gasteiger partial charge in [-0.2, -0.15) is 0 Å². The molecule has 1 heterocycles. The standard InChI is InChI=1S/C11H18N2OS/c1-3-6-13(7-4-2)11(14)10-9(12)5-8-15-10/h5,8H,3-4,6-7,12H2,1-2H3. The van der Waals surface area contributed by atoms with Crippen LogP contribution in [0.15, 0.2) is 11.4 Å². The van der Waals surface area contributed by atoms with Crippen LogP contribution in [-0.4, -0.2) is 23.9 Å². The SMILES string of the molecule is CCCN(CCC)C(=O)c1sccc1N. The molecule has 1 amide bonds. The van der Waals surface area contributed by atoms with Crippen molar-refractivity contribution in [1.29, 1.82) is 0 Å². The molecule has 1 rings (SSSR count). The van der Waals surface area contributed by atoms with Crippen LogP contribution in [0.25, 0.3) is 0 Å². The fourth-order valence-corrected chi connectivity index (χ4v) is 2.28. The molecule has 0 spiro atoms. The summed E-state index contributed by atoms with van der Waals surface area (Å²) in [7, 11) is 0. The predicted molar refractivity (Wildman–Crippen MR) is 65.2 cm³/mol. The summed E-state index contributed by atoms with van der Waals surface area (Å²) in [4.78, 5) is 14.6. The molecule has 0 aliphatic rings. The third kappa shape index (κ3) is 2.96. The largest absolute Gasteiger partial charge is 0.397 e. The van der Waals surface area contributed by atoms with E-state index in [9.17, 15) is 4.79 Å². The van der Waals surface area contributed by atoms with Crippen molar-refractivity contribution in [3.8, 4) is 0 Å². The highest BCUT2D eigenvalue weighted by atomic mass is 32.1. The van der Waals surface area contributed by atoms with Gasteiger partial charge in [0.1, 0.15) is 4.88 Å². The van der Waals surface area contributed by atoms with E-state index in [1.807, 2.05) is 10.3 Å². The number of amides is 1. The summed E-state index contributed by atoms with van der Waals surface area (Å²) >= 11 is 1.42. The van der Waals surface area contributed by atoms with Crippen molar-refractivity contribution in [2.24, 2.45) is 0 Å². The number of carbonyl (C=O) groups is 1. The average Bonchev–Trinajstić information content (AvgIpc) is 2.63. The zero-order valence-corrected chi connectivity index (χ0v) is 10.1. The van der Waals surface area contributed by atoms with Gasteiger partial charge in [-0.25, -0.2) is 0 Å². The highest BCUT2D eigenvalue weighted by Gasteiger charge is 2.17. The Bertz CT molecular complexity index is 316. The summed E-state index contributed by atoms with van der Waals surface area (Å²) in [6, 6.07) is 1.79. The van der Waals surface area contributed by atoms with Crippen LogP contribution in [-0.2, 0) is 0 Å². The Morgan fingerprint density at radius 3 is 2.40 bits per heavy atom. The van der Waals surface area contributed by atoms with Gasteiger partial charge in [-0.3, -0.25) is 4.79 Å². The van der Waals surface area contributed by atoms with E-state index >= 15 is 0 Å². The summed E-state index contributed by atoms with van der Waals surface area (Å²) in [6.45, 7) is 5.77. The number of nitrogens with zero attached hydrogens (tertiary/aromatic N) is 1. The number of rotatable bonds is 5. The van der Waals surface area contributed by atoms with Gasteiger partial charge >= 0.3 is 0 Å². The molecule has 84 valence electrons. The molecular weight excluding hydrogens is 208 g/mol. The van der Waals surface area contributed by atoms with Crippen LogP contribution in [0.3, 0.4) is 0 Å². The lowest BCUT2D eigenvalue weighted by Crippen LogP contribution is -2.32. The maximum Gasteiger partial charge on any atom is 0.266 e. The van der Waals surface area contributed by atoms with Crippen LogP contribution >= 0.6 is 11.3 Å². The maximum absolute atomic E-state index is 12.1. The summed E-state index contributed by atoms with van der Waals surface area (Å²) < 4.78 is 0. The van der Waals surface area contributed by atoms with Gasteiger partial charge in [0.2, 0.25) is 0 Å². The number of hydrogen-bond acceptors (Lipinski definition) is 3. The van der Waals surface area contributed by atoms with E-state index in [-0.39, 0.29) is 5.91 Å². The van der Waals surface area contributed by atoms with Crippen molar-refractivity contribution >= 4 is 22.9 Å². The molecule has 1 aromatic heterocycles. The highest BCUT2D eigenvalue weighted by Crippen LogP contribution is 2.21. The van der Waals surface area contributed by atoms with Gasteiger partial charge in [-0.1, -0.05) is 13.8 Å². The molecule has 0 fully saturated rings. The molecule has 0 saturated carbocycles. The number of nitrogen functional groups attached to an aromatic ring is 1. The number of anilines is 1. The fraction of sp³-hybridized carbons (Fsp3) is 0.545. The molecular formula is C11H18N2OS. The predicted octanol–water partition coefficient (Wildman–Crippen LogP) is 2.59. The second-order valence-electron chi connectivity index (χ2n) is 3.50. The quantitative estimate of drug-likeness (QED) is 0.838. The second kappa shape index (κ2) is 5.75. The van der Waals surface area contributed by atoms with Crippen molar-refractivity contribution < 1.29 is 4.79 Å². The Morgan fingerprint density at radius 2 is 2.00 bits per heavy atom. The van der Waals surface area contributed by atoms with E-state index in [1.165, 1.54) is 11.3 Å². The maximum atomic E-state index is 12.1. The summed E-state index contributed by atoms with van der Waals surface area (Å²) in [6.07, 6.45) is 1.97. The molecule has 0 radical (unpaired) electrons. The Labute approximate surface area is 94.9 Å². The number of nitrogens with two attached hydrogens (primary N) is 1. The molecule has 0 unspecified atom stereocenters. The minimum Gasteiger partial charge on any atom is -0.397 e. The molecule has 0 atom stereocenters. The van der Waals surface area contributed by atoms with Crippen molar-refractivity contribution in [2.45, 2.75) is 26.7 Å². The summed E-state index contributed by atoms with van der Waals surface area (Å²) in [5.74, 6) is 0.0752. The molecule has 4 heteroatoms. The van der Waals surface area contributed by atoms with Gasteiger partial charge in [0.05, 0.1) is 5.69 Å². The van der Waals surface area contributed by atoms with Crippen LogP contribution in [0.5, 0.6) is 0 Å². The molecule has 0 aliphatic carbocycles. The lowest BCUT2D eigenvalue weighted by atomic mass is 10.3. The normalized spacial score (nSPS) is 10.3. The Balaban J connectivity index is 2.76. The van der Waals surface area contributed by atoms with Crippen molar-refractivity contribution in [3.05, 3.63) is 16.3 Å². The van der Waals surface area contributed by atoms with Gasteiger partial charge in [0.15, 0.2) is 0 Å². The zero-order valence-electron chi connectivity index (χ0n) is 9.32. The van der Waals surface area contributed by atoms with Crippen LogP contribution < -0.4 is 5.73 Å². The first kappa shape index (κ1) is 12.0. The molecule has 1 aromatic rings. The zero-order chi connectivity index (χ0) is 11.3. The van der Waals surface area contributed by atoms with E-state index in [0.717, 1.165) is 25.9 Å². The topological polar surface area (TPSA) is 46.3 Å². The molecule has 0 aliphatic heterocycles. The van der Waals surface area contributed by atoms with E-state index < -0.39 is 0 Å². The van der Waals surface area contributed by atoms with Gasteiger partial charge in [0.25, 0.3) is 5.91 Å². The molecule has 0 aromatic carbocycles. The van der Waals surface area contributed by atoms with Crippen molar-refractivity contribution in [2.75, 3.05) is 18.8 Å². The Kier molecular flexibility index (Phi) is 4.62. The first-order valence-corrected chi connectivity index (χ1v) is 6.20. The van der Waals surface area contributed by atoms with Crippen LogP contribution in [0.4, 0.5) is 5.69 Å². The van der Waals surface area contributed by atoms with Crippen LogP contribution in [0.2, 0.25) is 0 Å². The van der Waals surface area contributed by atoms with E-state index in [2.05, 4.69) is 13.8 Å². The van der Waals surface area contributed by atoms with E-state index in [0.29, 0.717) is 10.6 Å². The minimum absolute atomic E-state index is 0.0752. The van der Waals surface area contributed by atoms with E-state index in [4.69, 9.17) is 5.73 Å². The monoisotopic (exact) mass is 226 g/mol. The van der Waals surface area contributed by atoms with Gasteiger partial charge in [-0.05, 0) is 24.3 Å². The smallest absolute Gasteiger partial charge is 0.266 e. The molecule has 3 nitrogen and oxygen atoms in total. The molecule has 15 heavy (non-hydrogen) atoms. The number of thiophene rings is 1. The second-order valence-corrected chi connectivity index (χ2v) is 4.41. The first-order valence-electron chi connectivity index (χ1n) is 5.32. The third-order valence-electron chi connectivity index (χ3n) is 2.16. The third-order valence-corrected chi connectivity index (χ3v) is 3.08. The number of hydrogen-bond donors (Lipinski definition) is 1. The Morgan fingerprint density at radius 1 is 1.40 bits per heavy atom. The first-order chi connectivity index (χ1) is 7.20. The van der Waals surface area contributed by atoms with Crippen molar-refractivity contribution in [1.82, 2.24) is 4.90 Å². The highest BCUT2D eigenvalue weighted by molar-refractivity contribution is 7.12. The van der Waals surface area contributed by atoms with Crippen LogP contribution in [0, 0.1) is 0 Å². The van der Waals surface area contributed by atoms with Gasteiger partial charge < -0.3 is 10.6 Å². The van der Waals surface area contributed by atoms with Gasteiger partial charge in [-0.15, -0.1) is 11.3 Å². The Hall–Kier alpha value is -1.03. The average molecular weight is 226 g/mol. The molecule has 2 N–H and O–H groups in total.